The van der Waals surface area contributed by atoms with Crippen molar-refractivity contribution in [3.8, 4) is 0 Å². The van der Waals surface area contributed by atoms with Gasteiger partial charge in [0.1, 0.15) is 17.0 Å². The molecule has 0 saturated heterocycles. The highest BCUT2D eigenvalue weighted by Gasteiger charge is 2.18. The highest BCUT2D eigenvalue weighted by molar-refractivity contribution is 5.78. The van der Waals surface area contributed by atoms with Gasteiger partial charge in [0, 0.05) is 64.2 Å². The van der Waals surface area contributed by atoms with E-state index in [1.807, 2.05) is 0 Å². The molecule has 308 valence electrons. The summed E-state index contributed by atoms with van der Waals surface area (Å²) in [5.74, 6) is -1.22. The van der Waals surface area contributed by atoms with E-state index >= 15 is 0 Å². The van der Waals surface area contributed by atoms with Gasteiger partial charge < -0.3 is 45.3 Å². The maximum Gasteiger partial charge on any atom is 0.407 e. The number of aliphatic carboxylic acids is 1. The minimum Gasteiger partial charge on any atom is -0.481 e. The Bertz CT molecular complexity index is 1000. The molecule has 0 unspecified atom stereocenters. The highest BCUT2D eigenvalue weighted by atomic mass is 16.6. The summed E-state index contributed by atoms with van der Waals surface area (Å²) < 4.78 is 21.9. The fraction of sp³-hybridized carbons (Fsp3) is 0.842. The molecule has 0 aromatic rings. The fourth-order valence-electron chi connectivity index (χ4n) is 4.90. The second-order valence-corrected chi connectivity index (χ2v) is 15.2. The van der Waals surface area contributed by atoms with Crippen LogP contribution < -0.4 is 21.3 Å². The minimum absolute atomic E-state index is 0.117. The Kier molecular flexibility index (Phi) is 28.0. The first kappa shape index (κ1) is 49.5. The molecular weight excluding hydrogens is 688 g/mol. The van der Waals surface area contributed by atoms with Gasteiger partial charge in [-0.1, -0.05) is 38.5 Å². The van der Waals surface area contributed by atoms with Gasteiger partial charge in [-0.3, -0.25) is 19.2 Å². The monoisotopic (exact) mass is 759 g/mol. The van der Waals surface area contributed by atoms with Crippen molar-refractivity contribution in [1.82, 2.24) is 21.3 Å². The van der Waals surface area contributed by atoms with E-state index in [2.05, 4.69) is 21.3 Å². The van der Waals surface area contributed by atoms with Crippen LogP contribution in [-0.2, 0) is 38.1 Å². The van der Waals surface area contributed by atoms with E-state index in [9.17, 15) is 28.8 Å². The molecule has 0 aromatic carbocycles. The summed E-state index contributed by atoms with van der Waals surface area (Å²) in [4.78, 5) is 71.3. The zero-order valence-electron chi connectivity index (χ0n) is 33.4. The number of hydrogen-bond donors (Lipinski definition) is 5. The summed E-state index contributed by atoms with van der Waals surface area (Å²) in [5.41, 5.74) is -1.15. The molecule has 0 heterocycles. The first-order valence-corrected chi connectivity index (χ1v) is 19.3. The van der Waals surface area contributed by atoms with Crippen LogP contribution in [-0.4, -0.2) is 105 Å². The molecule has 0 aromatic heterocycles. The molecule has 0 bridgehead atoms. The number of carbonyl (C=O) groups is 6. The van der Waals surface area contributed by atoms with Gasteiger partial charge in [-0.15, -0.1) is 0 Å². The molecule has 0 aliphatic carbocycles. The lowest BCUT2D eigenvalue weighted by Gasteiger charge is -2.19. The van der Waals surface area contributed by atoms with Crippen LogP contribution in [0.25, 0.3) is 0 Å². The summed E-state index contributed by atoms with van der Waals surface area (Å²) in [6, 6.07) is 0. The van der Waals surface area contributed by atoms with Gasteiger partial charge in [0.15, 0.2) is 0 Å². The second-order valence-electron chi connectivity index (χ2n) is 15.2. The molecule has 15 heteroatoms. The first-order valence-electron chi connectivity index (χ1n) is 19.3. The molecule has 0 fully saturated rings. The van der Waals surface area contributed by atoms with Crippen molar-refractivity contribution in [2.24, 2.45) is 5.92 Å². The van der Waals surface area contributed by atoms with Gasteiger partial charge in [0.2, 0.25) is 11.8 Å². The van der Waals surface area contributed by atoms with Crippen LogP contribution in [0, 0.1) is 5.92 Å². The highest BCUT2D eigenvalue weighted by Crippen LogP contribution is 2.14. The number of ether oxygens (including phenoxy) is 4. The standard InChI is InChI=1S/C38H70N4O11/c1-37(2,3)52-35(48)41-23-15-21-39-32(44)19-25-50-28-30(27-31(43)17-13-11-9-7-8-10-12-14-18-34(46)47)29-51-26-20-33(45)40-22-16-24-42-36(49)53-38(4,5)6/h30H,7-29H2,1-6H3,(H,39,44)(H,40,45)(H,41,48)(H,42,49)(H,46,47). The number of alkyl carbamates (subject to hydrolysis) is 2. The molecule has 15 nitrogen and oxygen atoms in total. The summed E-state index contributed by atoms with van der Waals surface area (Å²) in [6.45, 7) is 13.0. The predicted molar refractivity (Wildman–Crippen MR) is 202 cm³/mol. The Morgan fingerprint density at radius 3 is 1.28 bits per heavy atom. The molecular formula is C38H70N4O11. The molecule has 53 heavy (non-hydrogen) atoms. The van der Waals surface area contributed by atoms with Gasteiger partial charge in [-0.2, -0.15) is 0 Å². The first-order chi connectivity index (χ1) is 25.0. The Labute approximate surface area is 317 Å². The predicted octanol–water partition coefficient (Wildman–Crippen LogP) is 5.42. The van der Waals surface area contributed by atoms with Crippen molar-refractivity contribution in [3.05, 3.63) is 0 Å². The molecule has 0 radical (unpaired) electrons. The molecule has 0 spiro atoms. The number of unbranched alkanes of at least 4 members (excludes halogenated alkanes) is 7. The third-order valence-electron chi connectivity index (χ3n) is 7.45. The van der Waals surface area contributed by atoms with E-state index in [1.165, 1.54) is 0 Å². The largest absolute Gasteiger partial charge is 0.481 e. The van der Waals surface area contributed by atoms with Crippen LogP contribution in [0.3, 0.4) is 0 Å². The van der Waals surface area contributed by atoms with Crippen molar-refractivity contribution >= 4 is 35.8 Å². The number of ketones is 1. The second kappa shape index (κ2) is 29.9. The lowest BCUT2D eigenvalue weighted by Crippen LogP contribution is -2.34. The van der Waals surface area contributed by atoms with E-state index in [0.29, 0.717) is 51.9 Å². The van der Waals surface area contributed by atoms with E-state index < -0.39 is 29.4 Å². The molecule has 0 atom stereocenters. The van der Waals surface area contributed by atoms with Crippen molar-refractivity contribution < 1.29 is 52.8 Å². The fourth-order valence-corrected chi connectivity index (χ4v) is 4.90. The van der Waals surface area contributed by atoms with Crippen LogP contribution >= 0.6 is 0 Å². The molecule has 4 amide bonds. The zero-order chi connectivity index (χ0) is 40.0. The quantitative estimate of drug-likeness (QED) is 0.0564. The molecule has 5 N–H and O–H groups in total. The number of carboxylic acid groups (broad SMARTS) is 1. The number of rotatable bonds is 31. The maximum atomic E-state index is 12.8. The third-order valence-corrected chi connectivity index (χ3v) is 7.45. The zero-order valence-corrected chi connectivity index (χ0v) is 33.4. The van der Waals surface area contributed by atoms with Crippen molar-refractivity contribution in [2.45, 2.75) is 149 Å². The number of nitrogens with one attached hydrogen (secondary N) is 4. The lowest BCUT2D eigenvalue weighted by molar-refractivity contribution is -0.137. The van der Waals surface area contributed by atoms with Gasteiger partial charge in [-0.25, -0.2) is 9.59 Å². The Balaban J connectivity index is 4.47. The van der Waals surface area contributed by atoms with Gasteiger partial charge >= 0.3 is 18.2 Å². The summed E-state index contributed by atoms with van der Waals surface area (Å²) >= 11 is 0. The Morgan fingerprint density at radius 1 is 0.509 bits per heavy atom. The SMILES string of the molecule is CC(C)(C)OC(=O)NCCCNC(=O)CCOCC(COCCC(=O)NCCCNC(=O)OC(C)(C)C)CC(=O)CCCCCCCCCCC(=O)O. The van der Waals surface area contributed by atoms with Crippen molar-refractivity contribution in [1.29, 1.82) is 0 Å². The topological polar surface area (TPSA) is 208 Å². The molecule has 0 aliphatic rings. The number of amides is 4. The Hall–Kier alpha value is -3.46. The summed E-state index contributed by atoms with van der Waals surface area (Å²) in [7, 11) is 0. The lowest BCUT2D eigenvalue weighted by atomic mass is 9.99. The molecule has 0 saturated carbocycles. The van der Waals surface area contributed by atoms with Crippen LogP contribution in [0.4, 0.5) is 9.59 Å². The number of carboxylic acids is 1. The maximum absolute atomic E-state index is 12.8. The number of Topliss-reactive ketones (excluding diaryl/α,β-unsaturated/α-hetero) is 1. The van der Waals surface area contributed by atoms with E-state index in [0.717, 1.165) is 44.9 Å². The van der Waals surface area contributed by atoms with Crippen molar-refractivity contribution in [3.63, 3.8) is 0 Å². The summed E-state index contributed by atoms with van der Waals surface area (Å²) in [5, 5.41) is 19.6. The van der Waals surface area contributed by atoms with E-state index in [1.54, 1.807) is 41.5 Å². The van der Waals surface area contributed by atoms with Crippen LogP contribution in [0.5, 0.6) is 0 Å². The van der Waals surface area contributed by atoms with Crippen molar-refractivity contribution in [2.75, 3.05) is 52.6 Å². The normalized spacial score (nSPS) is 11.5. The smallest absolute Gasteiger partial charge is 0.407 e. The number of carbonyl (C=O) groups excluding carboxylic acids is 5. The Morgan fingerprint density at radius 2 is 0.887 bits per heavy atom. The van der Waals surface area contributed by atoms with Crippen LogP contribution in [0.2, 0.25) is 0 Å². The number of hydrogen-bond acceptors (Lipinski definition) is 10. The van der Waals surface area contributed by atoms with Gasteiger partial charge in [0.05, 0.1) is 26.4 Å². The minimum atomic E-state index is -0.751. The average molecular weight is 759 g/mol. The molecule has 0 rings (SSSR count). The van der Waals surface area contributed by atoms with E-state index in [-0.39, 0.29) is 75.6 Å². The third kappa shape index (κ3) is 36.7. The van der Waals surface area contributed by atoms with E-state index in [4.69, 9.17) is 24.1 Å². The average Bonchev–Trinajstić information content (AvgIpc) is 3.03. The van der Waals surface area contributed by atoms with Crippen LogP contribution in [0.1, 0.15) is 138 Å². The van der Waals surface area contributed by atoms with Crippen LogP contribution in [0.15, 0.2) is 0 Å². The summed E-state index contributed by atoms with van der Waals surface area (Å²) in [6.07, 6.45) is 8.93. The molecule has 0 aliphatic heterocycles. The van der Waals surface area contributed by atoms with Gasteiger partial charge in [0.25, 0.3) is 0 Å². The van der Waals surface area contributed by atoms with Gasteiger partial charge in [-0.05, 0) is 67.2 Å².